The maximum atomic E-state index is 8.76. The highest BCUT2D eigenvalue weighted by Crippen LogP contribution is 2.13. The minimum absolute atomic E-state index is 0.197. The predicted molar refractivity (Wildman–Crippen MR) is 64.1 cm³/mol. The van der Waals surface area contributed by atoms with Gasteiger partial charge in [-0.25, -0.2) is 0 Å². The molecule has 90 valence electrons. The summed E-state index contributed by atoms with van der Waals surface area (Å²) in [5.41, 5.74) is 1.97. The standard InChI is InChI=1S/C12H21N3O/c1-9(5-4-8-16)15-11(3)12-10(2)13-6-7-14-12/h6-7,9,11,15-16H,4-5,8H2,1-3H3. The van der Waals surface area contributed by atoms with Crippen LogP contribution in [0, 0.1) is 6.92 Å². The Hall–Kier alpha value is -1.00. The predicted octanol–water partition coefficient (Wildman–Crippen LogP) is 1.60. The Bertz CT molecular complexity index is 317. The molecule has 0 aliphatic rings. The zero-order valence-corrected chi connectivity index (χ0v) is 10.3. The van der Waals surface area contributed by atoms with Gasteiger partial charge in [-0.1, -0.05) is 0 Å². The lowest BCUT2D eigenvalue weighted by molar-refractivity contribution is 0.274. The zero-order valence-electron chi connectivity index (χ0n) is 10.3. The molecule has 0 radical (unpaired) electrons. The van der Waals surface area contributed by atoms with Crippen LogP contribution < -0.4 is 5.32 Å². The molecule has 2 unspecified atom stereocenters. The van der Waals surface area contributed by atoms with Crippen LogP contribution in [0.2, 0.25) is 0 Å². The van der Waals surface area contributed by atoms with Crippen molar-refractivity contribution in [1.29, 1.82) is 0 Å². The quantitative estimate of drug-likeness (QED) is 0.769. The summed E-state index contributed by atoms with van der Waals surface area (Å²) in [6.45, 7) is 6.44. The van der Waals surface area contributed by atoms with Crippen molar-refractivity contribution in [2.24, 2.45) is 0 Å². The molecule has 4 nitrogen and oxygen atoms in total. The third kappa shape index (κ3) is 3.87. The van der Waals surface area contributed by atoms with Crippen LogP contribution in [0.1, 0.15) is 44.1 Å². The molecule has 0 bridgehead atoms. The first-order chi connectivity index (χ1) is 7.65. The fraction of sp³-hybridized carbons (Fsp3) is 0.667. The fourth-order valence-corrected chi connectivity index (χ4v) is 1.83. The second kappa shape index (κ2) is 6.55. The molecule has 4 heteroatoms. The maximum Gasteiger partial charge on any atom is 0.0782 e. The Kier molecular flexibility index (Phi) is 5.35. The van der Waals surface area contributed by atoms with Gasteiger partial charge in [0.25, 0.3) is 0 Å². The van der Waals surface area contributed by atoms with E-state index in [1.54, 1.807) is 12.4 Å². The number of rotatable bonds is 6. The second-order valence-corrected chi connectivity index (χ2v) is 4.18. The summed E-state index contributed by atoms with van der Waals surface area (Å²) in [5.74, 6) is 0. The van der Waals surface area contributed by atoms with E-state index < -0.39 is 0 Å². The van der Waals surface area contributed by atoms with Crippen LogP contribution in [0.5, 0.6) is 0 Å². The average molecular weight is 223 g/mol. The van der Waals surface area contributed by atoms with Gasteiger partial charge in [-0.05, 0) is 33.6 Å². The lowest BCUT2D eigenvalue weighted by atomic mass is 10.1. The van der Waals surface area contributed by atoms with Crippen molar-refractivity contribution in [3.05, 3.63) is 23.8 Å². The molecule has 0 saturated carbocycles. The molecule has 0 aliphatic heterocycles. The van der Waals surface area contributed by atoms with Crippen LogP contribution in [0.25, 0.3) is 0 Å². The molecule has 0 saturated heterocycles. The lowest BCUT2D eigenvalue weighted by Crippen LogP contribution is -2.30. The minimum atomic E-state index is 0.197. The van der Waals surface area contributed by atoms with Crippen LogP contribution >= 0.6 is 0 Å². The molecule has 2 atom stereocenters. The van der Waals surface area contributed by atoms with Crippen LogP contribution in [-0.4, -0.2) is 27.7 Å². The van der Waals surface area contributed by atoms with Crippen LogP contribution in [0.15, 0.2) is 12.4 Å². The SMILES string of the molecule is Cc1nccnc1C(C)NC(C)CCCO. The van der Waals surface area contributed by atoms with Gasteiger partial charge < -0.3 is 10.4 Å². The van der Waals surface area contributed by atoms with Crippen molar-refractivity contribution in [1.82, 2.24) is 15.3 Å². The smallest absolute Gasteiger partial charge is 0.0782 e. The fourth-order valence-electron chi connectivity index (χ4n) is 1.83. The van der Waals surface area contributed by atoms with Gasteiger partial charge in [0.05, 0.1) is 11.4 Å². The van der Waals surface area contributed by atoms with Crippen molar-refractivity contribution in [2.75, 3.05) is 6.61 Å². The molecule has 0 spiro atoms. The lowest BCUT2D eigenvalue weighted by Gasteiger charge is -2.20. The Balaban J connectivity index is 2.52. The van der Waals surface area contributed by atoms with Crippen molar-refractivity contribution in [3.63, 3.8) is 0 Å². The van der Waals surface area contributed by atoms with Crippen molar-refractivity contribution >= 4 is 0 Å². The summed E-state index contributed by atoms with van der Waals surface area (Å²) in [5, 5.41) is 12.2. The van der Waals surface area contributed by atoms with E-state index >= 15 is 0 Å². The van der Waals surface area contributed by atoms with Gasteiger partial charge >= 0.3 is 0 Å². The molecule has 0 amide bonds. The van der Waals surface area contributed by atoms with Crippen LogP contribution in [0.3, 0.4) is 0 Å². The molecule has 1 heterocycles. The van der Waals surface area contributed by atoms with Crippen molar-refractivity contribution in [2.45, 2.75) is 45.7 Å². The Morgan fingerprint density at radius 1 is 1.31 bits per heavy atom. The highest BCUT2D eigenvalue weighted by molar-refractivity contribution is 5.12. The molecule has 0 aromatic carbocycles. The molecule has 0 aliphatic carbocycles. The third-order valence-electron chi connectivity index (χ3n) is 2.66. The summed E-state index contributed by atoms with van der Waals surface area (Å²) in [6, 6.07) is 0.575. The number of nitrogens with zero attached hydrogens (tertiary/aromatic N) is 2. The number of aromatic nitrogens is 2. The van der Waals surface area contributed by atoms with Crippen molar-refractivity contribution in [3.8, 4) is 0 Å². The van der Waals surface area contributed by atoms with E-state index in [9.17, 15) is 0 Å². The number of hydrogen-bond acceptors (Lipinski definition) is 4. The van der Waals surface area contributed by atoms with Crippen LogP contribution in [0.4, 0.5) is 0 Å². The molecule has 1 aromatic rings. The van der Waals surface area contributed by atoms with Gasteiger partial charge in [-0.3, -0.25) is 9.97 Å². The molecular formula is C12H21N3O. The Labute approximate surface area is 97.1 Å². The van der Waals surface area contributed by atoms with Gasteiger partial charge in [0.15, 0.2) is 0 Å². The molecule has 2 N–H and O–H groups in total. The molecule has 1 rings (SSSR count). The first kappa shape index (κ1) is 13.1. The highest BCUT2D eigenvalue weighted by Gasteiger charge is 2.12. The van der Waals surface area contributed by atoms with E-state index in [0.717, 1.165) is 24.2 Å². The Morgan fingerprint density at radius 2 is 2.00 bits per heavy atom. The van der Waals surface area contributed by atoms with E-state index in [4.69, 9.17) is 5.11 Å². The molecular weight excluding hydrogens is 202 g/mol. The molecule has 1 aromatic heterocycles. The van der Waals surface area contributed by atoms with E-state index in [1.165, 1.54) is 0 Å². The zero-order chi connectivity index (χ0) is 12.0. The Morgan fingerprint density at radius 3 is 2.62 bits per heavy atom. The minimum Gasteiger partial charge on any atom is -0.396 e. The van der Waals surface area contributed by atoms with Gasteiger partial charge in [-0.15, -0.1) is 0 Å². The van der Waals surface area contributed by atoms with E-state index in [-0.39, 0.29) is 12.6 Å². The number of aliphatic hydroxyl groups excluding tert-OH is 1. The number of aliphatic hydroxyl groups is 1. The summed E-state index contributed by atoms with van der Waals surface area (Å²) in [4.78, 5) is 8.56. The maximum absolute atomic E-state index is 8.76. The number of hydrogen-bond donors (Lipinski definition) is 2. The van der Waals surface area contributed by atoms with E-state index in [1.807, 2.05) is 6.92 Å². The van der Waals surface area contributed by atoms with Gasteiger partial charge in [0, 0.05) is 31.1 Å². The normalized spacial score (nSPS) is 14.8. The molecule has 16 heavy (non-hydrogen) atoms. The summed E-state index contributed by atoms with van der Waals surface area (Å²) < 4.78 is 0. The number of aryl methyl sites for hydroxylation is 1. The van der Waals surface area contributed by atoms with Crippen LogP contribution in [-0.2, 0) is 0 Å². The first-order valence-electron chi connectivity index (χ1n) is 5.79. The number of nitrogens with one attached hydrogen (secondary N) is 1. The first-order valence-corrected chi connectivity index (χ1v) is 5.79. The van der Waals surface area contributed by atoms with Gasteiger partial charge in [0.2, 0.25) is 0 Å². The molecule has 0 fully saturated rings. The van der Waals surface area contributed by atoms with Crippen molar-refractivity contribution < 1.29 is 5.11 Å². The third-order valence-corrected chi connectivity index (χ3v) is 2.66. The van der Waals surface area contributed by atoms with E-state index in [2.05, 4.69) is 29.1 Å². The summed E-state index contributed by atoms with van der Waals surface area (Å²) in [6.07, 6.45) is 5.24. The van der Waals surface area contributed by atoms with Gasteiger partial charge in [0.1, 0.15) is 0 Å². The largest absolute Gasteiger partial charge is 0.396 e. The second-order valence-electron chi connectivity index (χ2n) is 4.18. The topological polar surface area (TPSA) is 58.0 Å². The van der Waals surface area contributed by atoms with E-state index in [0.29, 0.717) is 6.04 Å². The van der Waals surface area contributed by atoms with Gasteiger partial charge in [-0.2, -0.15) is 0 Å². The monoisotopic (exact) mass is 223 g/mol. The summed E-state index contributed by atoms with van der Waals surface area (Å²) in [7, 11) is 0. The summed E-state index contributed by atoms with van der Waals surface area (Å²) >= 11 is 0. The average Bonchev–Trinajstić information content (AvgIpc) is 2.26. The highest BCUT2D eigenvalue weighted by atomic mass is 16.2.